The number of rotatable bonds is 5. The van der Waals surface area contributed by atoms with Gasteiger partial charge in [0.25, 0.3) is 0 Å². The van der Waals surface area contributed by atoms with Crippen LogP contribution in [0.3, 0.4) is 0 Å². The molecule has 1 heterocycles. The molecular formula is C18H30N2. The van der Waals surface area contributed by atoms with Crippen molar-refractivity contribution in [1.29, 1.82) is 0 Å². The summed E-state index contributed by atoms with van der Waals surface area (Å²) >= 11 is 0. The predicted octanol–water partition coefficient (Wildman–Crippen LogP) is 3.85. The van der Waals surface area contributed by atoms with Gasteiger partial charge < -0.3 is 10.2 Å². The van der Waals surface area contributed by atoms with E-state index < -0.39 is 0 Å². The van der Waals surface area contributed by atoms with Gasteiger partial charge in [-0.05, 0) is 36.9 Å². The molecule has 0 bridgehead atoms. The molecule has 1 aliphatic heterocycles. The summed E-state index contributed by atoms with van der Waals surface area (Å²) < 4.78 is 0. The van der Waals surface area contributed by atoms with Crippen molar-refractivity contribution < 1.29 is 0 Å². The predicted molar refractivity (Wildman–Crippen MR) is 86.9 cm³/mol. The Morgan fingerprint density at radius 2 is 1.70 bits per heavy atom. The molecule has 2 nitrogen and oxygen atoms in total. The molecule has 0 aromatic heterocycles. The van der Waals surface area contributed by atoms with Crippen molar-refractivity contribution in [3.05, 3.63) is 35.9 Å². The Bertz CT molecular complexity index is 374. The third-order valence-electron chi connectivity index (χ3n) is 3.97. The molecule has 1 atom stereocenters. The van der Waals surface area contributed by atoms with Crippen LogP contribution in [0.15, 0.2) is 30.3 Å². The standard InChI is InChI=1S/C18H30N2/c1-18(2,3)15-19-17(16-10-6-4-7-11-16)14-20-12-8-5-9-13-20/h4,6-7,10-11,17,19H,5,8-9,12-15H2,1-3H3/t17-/m0/s1. The van der Waals surface area contributed by atoms with Gasteiger partial charge >= 0.3 is 0 Å². The highest BCUT2D eigenvalue weighted by Crippen LogP contribution is 2.20. The van der Waals surface area contributed by atoms with Crippen molar-refractivity contribution in [3.8, 4) is 0 Å². The zero-order chi connectivity index (χ0) is 14.4. The van der Waals surface area contributed by atoms with Crippen LogP contribution in [-0.4, -0.2) is 31.1 Å². The lowest BCUT2D eigenvalue weighted by atomic mass is 9.95. The first-order chi connectivity index (χ1) is 9.54. The Kier molecular flexibility index (Phi) is 5.62. The van der Waals surface area contributed by atoms with Gasteiger partial charge in [-0.3, -0.25) is 0 Å². The quantitative estimate of drug-likeness (QED) is 0.877. The third-order valence-corrected chi connectivity index (χ3v) is 3.97. The monoisotopic (exact) mass is 274 g/mol. The first-order valence-electron chi connectivity index (χ1n) is 8.05. The Hall–Kier alpha value is -0.860. The summed E-state index contributed by atoms with van der Waals surface area (Å²) in [5.41, 5.74) is 1.75. The maximum absolute atomic E-state index is 3.78. The van der Waals surface area contributed by atoms with Gasteiger partial charge in [0.15, 0.2) is 0 Å². The summed E-state index contributed by atoms with van der Waals surface area (Å²) in [5.74, 6) is 0. The number of hydrogen-bond acceptors (Lipinski definition) is 2. The maximum Gasteiger partial charge on any atom is 0.0449 e. The normalized spacial score (nSPS) is 18.9. The second kappa shape index (κ2) is 7.24. The van der Waals surface area contributed by atoms with Crippen molar-refractivity contribution in [2.45, 2.75) is 46.1 Å². The van der Waals surface area contributed by atoms with E-state index in [0.29, 0.717) is 11.5 Å². The maximum atomic E-state index is 3.78. The van der Waals surface area contributed by atoms with Gasteiger partial charge in [0.2, 0.25) is 0 Å². The minimum atomic E-state index is 0.328. The van der Waals surface area contributed by atoms with Gasteiger partial charge in [-0.2, -0.15) is 0 Å². The molecule has 1 saturated heterocycles. The highest BCUT2D eigenvalue weighted by molar-refractivity contribution is 5.19. The van der Waals surface area contributed by atoms with Gasteiger partial charge in [-0.15, -0.1) is 0 Å². The first kappa shape index (κ1) is 15.5. The van der Waals surface area contributed by atoms with Gasteiger partial charge in [0.05, 0.1) is 0 Å². The molecule has 0 spiro atoms. The molecule has 1 N–H and O–H groups in total. The molecule has 1 aromatic rings. The second-order valence-corrected chi connectivity index (χ2v) is 7.27. The smallest absolute Gasteiger partial charge is 0.0449 e. The van der Waals surface area contributed by atoms with Crippen molar-refractivity contribution >= 4 is 0 Å². The number of benzene rings is 1. The third kappa shape index (κ3) is 5.26. The molecule has 112 valence electrons. The molecule has 2 heteroatoms. The Morgan fingerprint density at radius 1 is 1.05 bits per heavy atom. The van der Waals surface area contributed by atoms with Crippen LogP contribution in [0.2, 0.25) is 0 Å². The van der Waals surface area contributed by atoms with Crippen molar-refractivity contribution in [2.75, 3.05) is 26.2 Å². The molecule has 0 radical (unpaired) electrons. The van der Waals surface area contributed by atoms with E-state index in [1.54, 1.807) is 0 Å². The molecule has 20 heavy (non-hydrogen) atoms. The fourth-order valence-electron chi connectivity index (χ4n) is 2.80. The van der Waals surface area contributed by atoms with E-state index >= 15 is 0 Å². The fourth-order valence-corrected chi connectivity index (χ4v) is 2.80. The van der Waals surface area contributed by atoms with Gasteiger partial charge in [-0.25, -0.2) is 0 Å². The summed E-state index contributed by atoms with van der Waals surface area (Å²) in [7, 11) is 0. The van der Waals surface area contributed by atoms with Gasteiger partial charge in [0.1, 0.15) is 0 Å². The van der Waals surface area contributed by atoms with Crippen LogP contribution < -0.4 is 5.32 Å². The largest absolute Gasteiger partial charge is 0.308 e. The summed E-state index contributed by atoms with van der Waals surface area (Å²) in [6.45, 7) is 11.6. The minimum absolute atomic E-state index is 0.328. The zero-order valence-corrected chi connectivity index (χ0v) is 13.4. The van der Waals surface area contributed by atoms with Gasteiger partial charge in [0, 0.05) is 19.1 Å². The highest BCUT2D eigenvalue weighted by atomic mass is 15.2. The molecule has 0 unspecified atom stereocenters. The molecule has 1 aliphatic rings. The number of piperidine rings is 1. The zero-order valence-electron chi connectivity index (χ0n) is 13.4. The van der Waals surface area contributed by atoms with Crippen LogP contribution in [0.4, 0.5) is 0 Å². The van der Waals surface area contributed by atoms with E-state index in [0.717, 1.165) is 13.1 Å². The molecular weight excluding hydrogens is 244 g/mol. The Morgan fingerprint density at radius 3 is 2.30 bits per heavy atom. The number of nitrogens with one attached hydrogen (secondary N) is 1. The summed E-state index contributed by atoms with van der Waals surface area (Å²) in [6.07, 6.45) is 4.13. The number of hydrogen-bond donors (Lipinski definition) is 1. The van der Waals surface area contributed by atoms with Crippen molar-refractivity contribution in [3.63, 3.8) is 0 Å². The van der Waals surface area contributed by atoms with E-state index in [1.165, 1.54) is 37.9 Å². The number of nitrogens with zero attached hydrogens (tertiary/aromatic N) is 1. The van der Waals surface area contributed by atoms with Crippen LogP contribution >= 0.6 is 0 Å². The van der Waals surface area contributed by atoms with Crippen molar-refractivity contribution in [1.82, 2.24) is 10.2 Å². The molecule has 0 amide bonds. The minimum Gasteiger partial charge on any atom is -0.308 e. The highest BCUT2D eigenvalue weighted by Gasteiger charge is 2.19. The average molecular weight is 274 g/mol. The molecule has 0 aliphatic carbocycles. The Labute approximate surface area is 124 Å². The molecule has 0 saturated carbocycles. The van der Waals surface area contributed by atoms with Crippen LogP contribution in [0, 0.1) is 5.41 Å². The summed E-state index contributed by atoms with van der Waals surface area (Å²) in [4.78, 5) is 2.62. The van der Waals surface area contributed by atoms with E-state index in [-0.39, 0.29) is 0 Å². The van der Waals surface area contributed by atoms with E-state index in [4.69, 9.17) is 0 Å². The van der Waals surface area contributed by atoms with Crippen molar-refractivity contribution in [2.24, 2.45) is 5.41 Å². The topological polar surface area (TPSA) is 15.3 Å². The summed E-state index contributed by atoms with van der Waals surface area (Å²) in [6, 6.07) is 11.4. The van der Waals surface area contributed by atoms with Crippen LogP contribution in [0.1, 0.15) is 51.6 Å². The Balaban J connectivity index is 1.99. The lowest BCUT2D eigenvalue weighted by Gasteiger charge is -2.32. The van der Waals surface area contributed by atoms with E-state index in [1.807, 2.05) is 0 Å². The molecule has 1 fully saturated rings. The molecule has 2 rings (SSSR count). The first-order valence-corrected chi connectivity index (χ1v) is 8.05. The SMILES string of the molecule is CC(C)(C)CN[C@@H](CN1CCCCC1)c1ccccc1. The fraction of sp³-hybridized carbons (Fsp3) is 0.667. The summed E-state index contributed by atoms with van der Waals surface area (Å²) in [5, 5.41) is 3.78. The van der Waals surface area contributed by atoms with E-state index in [2.05, 4.69) is 61.3 Å². The van der Waals surface area contributed by atoms with Crippen LogP contribution in [-0.2, 0) is 0 Å². The molecule has 1 aromatic carbocycles. The second-order valence-electron chi connectivity index (χ2n) is 7.27. The van der Waals surface area contributed by atoms with E-state index in [9.17, 15) is 0 Å². The average Bonchev–Trinajstić information content (AvgIpc) is 2.44. The van der Waals surface area contributed by atoms with Crippen LogP contribution in [0.25, 0.3) is 0 Å². The lowest BCUT2D eigenvalue weighted by molar-refractivity contribution is 0.199. The van der Waals surface area contributed by atoms with Gasteiger partial charge in [-0.1, -0.05) is 57.5 Å². The number of likely N-dealkylation sites (tertiary alicyclic amines) is 1. The lowest BCUT2D eigenvalue weighted by Crippen LogP contribution is -2.40. The van der Waals surface area contributed by atoms with Crippen LogP contribution in [0.5, 0.6) is 0 Å².